The summed E-state index contributed by atoms with van der Waals surface area (Å²) >= 11 is 0. The number of nitrogens with zero attached hydrogens (tertiary/aromatic N) is 3. The predicted molar refractivity (Wildman–Crippen MR) is 81.5 cm³/mol. The Morgan fingerprint density at radius 2 is 2.32 bits per heavy atom. The highest BCUT2D eigenvalue weighted by molar-refractivity contribution is 5.87. The van der Waals surface area contributed by atoms with Gasteiger partial charge in [-0.15, -0.1) is 0 Å². The first-order valence-electron chi connectivity index (χ1n) is 7.01. The Balaban J connectivity index is 2.04. The maximum Gasteiger partial charge on any atom is 0.184 e. The van der Waals surface area contributed by atoms with Gasteiger partial charge in [0.05, 0.1) is 16.9 Å². The van der Waals surface area contributed by atoms with E-state index in [0.29, 0.717) is 23.4 Å². The van der Waals surface area contributed by atoms with Gasteiger partial charge in [-0.1, -0.05) is 0 Å². The van der Waals surface area contributed by atoms with Crippen molar-refractivity contribution in [1.82, 2.24) is 14.8 Å². The zero-order valence-electron chi connectivity index (χ0n) is 12.4. The van der Waals surface area contributed by atoms with Crippen LogP contribution in [-0.4, -0.2) is 26.5 Å². The van der Waals surface area contributed by atoms with E-state index in [1.807, 2.05) is 32.0 Å². The molecule has 2 aromatic heterocycles. The molecule has 22 heavy (non-hydrogen) atoms. The first-order chi connectivity index (χ1) is 10.6. The van der Waals surface area contributed by atoms with E-state index in [9.17, 15) is 5.11 Å². The number of aromatic nitrogens is 3. The summed E-state index contributed by atoms with van der Waals surface area (Å²) in [5.41, 5.74) is 3.66. The number of nitrogens with one attached hydrogen (secondary N) is 1. The second kappa shape index (κ2) is 5.64. The normalized spacial score (nSPS) is 12.5. The number of ether oxygens (including phenoxy) is 1. The number of aliphatic hydroxyl groups is 1. The molecule has 0 amide bonds. The Labute approximate surface area is 127 Å². The molecule has 0 bridgehead atoms. The van der Waals surface area contributed by atoms with Crippen LogP contribution in [0, 0.1) is 18.3 Å². The van der Waals surface area contributed by atoms with Gasteiger partial charge in [0.1, 0.15) is 6.07 Å². The fraction of sp³-hybridized carbons (Fsp3) is 0.250. The molecule has 0 radical (unpaired) electrons. The van der Waals surface area contributed by atoms with Gasteiger partial charge in [0.25, 0.3) is 0 Å². The smallest absolute Gasteiger partial charge is 0.184 e. The highest BCUT2D eigenvalue weighted by atomic mass is 16.6. The Morgan fingerprint density at radius 1 is 1.50 bits per heavy atom. The zero-order chi connectivity index (χ0) is 15.7. The quantitative estimate of drug-likeness (QED) is 0.724. The summed E-state index contributed by atoms with van der Waals surface area (Å²) in [4.78, 5) is 3.06. The first kappa shape index (κ1) is 14.3. The van der Waals surface area contributed by atoms with Gasteiger partial charge in [0, 0.05) is 35.5 Å². The van der Waals surface area contributed by atoms with Crippen molar-refractivity contribution in [3.05, 3.63) is 47.4 Å². The number of hydrogen-bond acceptors (Lipinski definition) is 4. The van der Waals surface area contributed by atoms with Crippen LogP contribution in [-0.2, 0) is 4.74 Å². The molecule has 0 saturated heterocycles. The molecule has 0 aliphatic carbocycles. The number of aliphatic hydroxyl groups excluding tert-OH is 1. The van der Waals surface area contributed by atoms with Crippen LogP contribution in [0.25, 0.3) is 16.6 Å². The molecule has 0 spiro atoms. The highest BCUT2D eigenvalue weighted by Gasteiger charge is 2.15. The van der Waals surface area contributed by atoms with Gasteiger partial charge in [-0.3, -0.25) is 0 Å². The molecular weight excluding hydrogens is 280 g/mol. The number of nitriles is 1. The van der Waals surface area contributed by atoms with Crippen LogP contribution in [0.2, 0.25) is 0 Å². The van der Waals surface area contributed by atoms with E-state index in [1.165, 1.54) is 0 Å². The fourth-order valence-corrected chi connectivity index (χ4v) is 2.44. The van der Waals surface area contributed by atoms with Crippen LogP contribution in [0.1, 0.15) is 30.0 Å². The van der Waals surface area contributed by atoms with Crippen LogP contribution >= 0.6 is 0 Å². The molecule has 1 unspecified atom stereocenters. The largest absolute Gasteiger partial charge is 0.364 e. The van der Waals surface area contributed by atoms with E-state index in [4.69, 9.17) is 10.00 Å². The van der Waals surface area contributed by atoms with Crippen LogP contribution in [0.4, 0.5) is 0 Å². The Bertz CT molecular complexity index is 857. The summed E-state index contributed by atoms with van der Waals surface area (Å²) in [5.74, 6) is 0. The second-order valence-corrected chi connectivity index (χ2v) is 4.97. The van der Waals surface area contributed by atoms with Gasteiger partial charge in [-0.25, -0.2) is 4.68 Å². The predicted octanol–water partition coefficient (Wildman–Crippen LogP) is 2.56. The lowest BCUT2D eigenvalue weighted by Crippen LogP contribution is -2.03. The highest BCUT2D eigenvalue weighted by Crippen LogP contribution is 2.23. The molecule has 1 atom stereocenters. The third-order valence-electron chi connectivity index (χ3n) is 3.58. The number of benzene rings is 1. The SMILES string of the molecule is CCOC(O)c1cn(-c2ccc3[nH]cc(C#N)c3c2)nc1C. The molecule has 0 fully saturated rings. The average molecular weight is 296 g/mol. The number of hydrogen-bond donors (Lipinski definition) is 2. The van der Waals surface area contributed by atoms with Crippen molar-refractivity contribution < 1.29 is 9.84 Å². The maximum atomic E-state index is 9.96. The second-order valence-electron chi connectivity index (χ2n) is 4.97. The molecule has 6 heteroatoms. The molecule has 0 saturated carbocycles. The summed E-state index contributed by atoms with van der Waals surface area (Å²) in [7, 11) is 0. The van der Waals surface area contributed by atoms with E-state index < -0.39 is 6.29 Å². The zero-order valence-corrected chi connectivity index (χ0v) is 12.4. The number of fused-ring (bicyclic) bond motifs is 1. The van der Waals surface area contributed by atoms with Crippen LogP contribution in [0.3, 0.4) is 0 Å². The Hall–Kier alpha value is -2.62. The summed E-state index contributed by atoms with van der Waals surface area (Å²) in [6, 6.07) is 7.87. The molecule has 3 aromatic rings. The summed E-state index contributed by atoms with van der Waals surface area (Å²) < 4.78 is 6.89. The van der Waals surface area contributed by atoms with Crippen molar-refractivity contribution in [2.75, 3.05) is 6.61 Å². The minimum atomic E-state index is -0.982. The van der Waals surface area contributed by atoms with Crippen molar-refractivity contribution in [2.24, 2.45) is 0 Å². The van der Waals surface area contributed by atoms with Crippen LogP contribution in [0.5, 0.6) is 0 Å². The maximum absolute atomic E-state index is 9.96. The summed E-state index contributed by atoms with van der Waals surface area (Å²) in [6.45, 7) is 4.07. The van der Waals surface area contributed by atoms with Crippen LogP contribution < -0.4 is 0 Å². The molecule has 6 nitrogen and oxygen atoms in total. The third kappa shape index (κ3) is 2.37. The van der Waals surface area contributed by atoms with Gasteiger partial charge < -0.3 is 14.8 Å². The van der Waals surface area contributed by atoms with Gasteiger partial charge in [0.2, 0.25) is 0 Å². The van der Waals surface area contributed by atoms with E-state index in [2.05, 4.69) is 16.2 Å². The van der Waals surface area contributed by atoms with Crippen molar-refractivity contribution in [1.29, 1.82) is 5.26 Å². The van der Waals surface area contributed by atoms with Crippen LogP contribution in [0.15, 0.2) is 30.6 Å². The molecule has 2 heterocycles. The molecule has 0 aliphatic heterocycles. The molecular formula is C16H16N4O2. The van der Waals surface area contributed by atoms with Gasteiger partial charge in [-0.2, -0.15) is 10.4 Å². The fourth-order valence-electron chi connectivity index (χ4n) is 2.44. The van der Waals surface area contributed by atoms with Crippen molar-refractivity contribution in [2.45, 2.75) is 20.1 Å². The molecule has 2 N–H and O–H groups in total. The first-order valence-corrected chi connectivity index (χ1v) is 7.01. The minimum absolute atomic E-state index is 0.423. The topological polar surface area (TPSA) is 86.9 Å². The molecule has 0 aliphatic rings. The van der Waals surface area contributed by atoms with Crippen molar-refractivity contribution in [3.8, 4) is 11.8 Å². The molecule has 3 rings (SSSR count). The van der Waals surface area contributed by atoms with Gasteiger partial charge in [0.15, 0.2) is 6.29 Å². The lowest BCUT2D eigenvalue weighted by Gasteiger charge is -2.08. The molecule has 1 aromatic carbocycles. The average Bonchev–Trinajstić information content (AvgIpc) is 3.10. The number of H-pyrrole nitrogens is 1. The van der Waals surface area contributed by atoms with E-state index in [0.717, 1.165) is 16.6 Å². The number of aromatic amines is 1. The van der Waals surface area contributed by atoms with Crippen molar-refractivity contribution >= 4 is 10.9 Å². The van der Waals surface area contributed by atoms with E-state index in [-0.39, 0.29) is 0 Å². The molecule has 112 valence electrons. The monoisotopic (exact) mass is 296 g/mol. The van der Waals surface area contributed by atoms with Gasteiger partial charge in [-0.05, 0) is 32.0 Å². The Morgan fingerprint density at radius 3 is 3.05 bits per heavy atom. The summed E-state index contributed by atoms with van der Waals surface area (Å²) in [5, 5.41) is 24.3. The van der Waals surface area contributed by atoms with E-state index >= 15 is 0 Å². The van der Waals surface area contributed by atoms with Crippen molar-refractivity contribution in [3.63, 3.8) is 0 Å². The third-order valence-corrected chi connectivity index (χ3v) is 3.58. The number of aryl methyl sites for hydroxylation is 1. The number of rotatable bonds is 4. The minimum Gasteiger partial charge on any atom is -0.364 e. The lowest BCUT2D eigenvalue weighted by molar-refractivity contribution is -0.0983. The lowest BCUT2D eigenvalue weighted by atomic mass is 10.1. The standard InChI is InChI=1S/C16H16N4O2/c1-3-22-16(21)14-9-20(19-10(14)2)12-4-5-15-13(6-12)11(7-17)8-18-15/h4-6,8-9,16,18,21H,3H2,1-2H3. The van der Waals surface area contributed by atoms with Gasteiger partial charge >= 0.3 is 0 Å². The Kier molecular flexibility index (Phi) is 3.67. The van der Waals surface area contributed by atoms with E-state index in [1.54, 1.807) is 17.1 Å². The summed E-state index contributed by atoms with van der Waals surface area (Å²) in [6.07, 6.45) is 2.45.